The van der Waals surface area contributed by atoms with Crippen LogP contribution in [0.3, 0.4) is 0 Å². The summed E-state index contributed by atoms with van der Waals surface area (Å²) in [5, 5.41) is 6.76. The quantitative estimate of drug-likeness (QED) is 0.782. The van der Waals surface area contributed by atoms with Gasteiger partial charge in [0.15, 0.2) is 0 Å². The number of likely N-dealkylation sites (N-methyl/N-ethyl adjacent to an activating group) is 1. The standard InChI is InChI=1S/C14H15N5O2/c1-18-13(20)7-19(8-14(18)21)11-5-3-2-4-9(11)10-6-12(15)17-16-10/h2-6H,7-8H2,1H3,(H3,15,16,17). The number of H-pyrrole nitrogens is 1. The first-order valence-corrected chi connectivity index (χ1v) is 6.51. The highest BCUT2D eigenvalue weighted by Crippen LogP contribution is 2.31. The van der Waals surface area contributed by atoms with E-state index in [4.69, 9.17) is 5.73 Å². The molecule has 7 heteroatoms. The number of nitrogens with zero attached hydrogens (tertiary/aromatic N) is 3. The maximum absolute atomic E-state index is 11.9. The van der Waals surface area contributed by atoms with Gasteiger partial charge in [-0.3, -0.25) is 19.6 Å². The lowest BCUT2D eigenvalue weighted by Crippen LogP contribution is -2.52. The van der Waals surface area contributed by atoms with Crippen LogP contribution in [0.4, 0.5) is 11.5 Å². The number of nitrogen functional groups attached to an aromatic ring is 1. The van der Waals surface area contributed by atoms with Crippen molar-refractivity contribution in [2.24, 2.45) is 0 Å². The van der Waals surface area contributed by atoms with Gasteiger partial charge in [0, 0.05) is 24.4 Å². The van der Waals surface area contributed by atoms with Crippen LogP contribution in [0, 0.1) is 0 Å². The molecule has 1 aromatic heterocycles. The van der Waals surface area contributed by atoms with Gasteiger partial charge in [-0.1, -0.05) is 18.2 Å². The molecule has 3 rings (SSSR count). The van der Waals surface area contributed by atoms with Gasteiger partial charge in [-0.25, -0.2) is 0 Å². The maximum atomic E-state index is 11.9. The smallest absolute Gasteiger partial charge is 0.248 e. The van der Waals surface area contributed by atoms with Gasteiger partial charge in [0.25, 0.3) is 0 Å². The maximum Gasteiger partial charge on any atom is 0.248 e. The van der Waals surface area contributed by atoms with Gasteiger partial charge < -0.3 is 10.6 Å². The third-order valence-corrected chi connectivity index (χ3v) is 3.53. The molecule has 0 saturated carbocycles. The minimum absolute atomic E-state index is 0.170. The van der Waals surface area contributed by atoms with E-state index in [1.165, 1.54) is 7.05 Å². The van der Waals surface area contributed by atoms with Crippen molar-refractivity contribution >= 4 is 23.3 Å². The van der Waals surface area contributed by atoms with Crippen LogP contribution >= 0.6 is 0 Å². The Bertz CT molecular complexity index is 691. The second kappa shape index (κ2) is 4.93. The Morgan fingerprint density at radius 1 is 1.19 bits per heavy atom. The number of amides is 2. The van der Waals surface area contributed by atoms with Crippen LogP contribution in [-0.4, -0.2) is 47.0 Å². The first kappa shape index (κ1) is 13.2. The first-order valence-electron chi connectivity index (χ1n) is 6.51. The van der Waals surface area contributed by atoms with Crippen molar-refractivity contribution in [1.82, 2.24) is 15.1 Å². The molecule has 1 aromatic carbocycles. The van der Waals surface area contributed by atoms with E-state index in [0.717, 1.165) is 21.8 Å². The first-order chi connectivity index (χ1) is 10.1. The van der Waals surface area contributed by atoms with Gasteiger partial charge >= 0.3 is 0 Å². The minimum Gasteiger partial charge on any atom is -0.382 e. The molecule has 7 nitrogen and oxygen atoms in total. The summed E-state index contributed by atoms with van der Waals surface area (Å²) in [5.74, 6) is -0.0410. The Kier molecular flexibility index (Phi) is 3.09. The zero-order valence-corrected chi connectivity index (χ0v) is 11.5. The zero-order valence-electron chi connectivity index (χ0n) is 11.5. The molecule has 2 aromatic rings. The van der Waals surface area contributed by atoms with Crippen molar-refractivity contribution in [3.05, 3.63) is 30.3 Å². The van der Waals surface area contributed by atoms with Crippen LogP contribution in [0.1, 0.15) is 0 Å². The number of benzene rings is 1. The van der Waals surface area contributed by atoms with E-state index in [1.807, 2.05) is 24.3 Å². The number of aromatic amines is 1. The van der Waals surface area contributed by atoms with E-state index in [0.29, 0.717) is 5.82 Å². The number of carbonyl (C=O) groups is 2. The van der Waals surface area contributed by atoms with E-state index >= 15 is 0 Å². The largest absolute Gasteiger partial charge is 0.382 e. The highest BCUT2D eigenvalue weighted by atomic mass is 16.2. The summed E-state index contributed by atoms with van der Waals surface area (Å²) in [4.78, 5) is 26.6. The summed E-state index contributed by atoms with van der Waals surface area (Å²) >= 11 is 0. The number of aromatic nitrogens is 2. The van der Waals surface area contributed by atoms with Gasteiger partial charge in [0.1, 0.15) is 5.82 Å². The second-order valence-electron chi connectivity index (χ2n) is 4.93. The number of para-hydroxylation sites is 1. The van der Waals surface area contributed by atoms with Gasteiger partial charge in [-0.05, 0) is 6.07 Å². The van der Waals surface area contributed by atoms with E-state index in [-0.39, 0.29) is 24.9 Å². The average Bonchev–Trinajstić information content (AvgIpc) is 2.91. The van der Waals surface area contributed by atoms with Crippen LogP contribution in [0.25, 0.3) is 11.3 Å². The van der Waals surface area contributed by atoms with E-state index in [9.17, 15) is 9.59 Å². The summed E-state index contributed by atoms with van der Waals surface area (Å²) in [7, 11) is 1.50. The molecule has 1 saturated heterocycles. The lowest BCUT2D eigenvalue weighted by atomic mass is 10.1. The lowest BCUT2D eigenvalue weighted by Gasteiger charge is -2.33. The van der Waals surface area contributed by atoms with E-state index in [1.54, 1.807) is 11.0 Å². The summed E-state index contributed by atoms with van der Waals surface area (Å²) in [6, 6.07) is 9.24. The van der Waals surface area contributed by atoms with Crippen LogP contribution in [0.5, 0.6) is 0 Å². The molecule has 3 N–H and O–H groups in total. The zero-order chi connectivity index (χ0) is 15.0. The number of anilines is 2. The van der Waals surface area contributed by atoms with Gasteiger partial charge in [0.05, 0.1) is 18.8 Å². The molecule has 2 heterocycles. The number of carbonyl (C=O) groups excluding carboxylic acids is 2. The number of piperazine rings is 1. The predicted octanol–water partition coefficient (Wildman–Crippen LogP) is 0.464. The Hall–Kier alpha value is -2.83. The second-order valence-corrected chi connectivity index (χ2v) is 4.93. The molecule has 0 aliphatic carbocycles. The molecule has 108 valence electrons. The van der Waals surface area contributed by atoms with Crippen molar-refractivity contribution in [3.8, 4) is 11.3 Å². The highest BCUT2D eigenvalue weighted by Gasteiger charge is 2.29. The summed E-state index contributed by atoms with van der Waals surface area (Å²) in [6.07, 6.45) is 0. The number of nitrogens with one attached hydrogen (secondary N) is 1. The minimum atomic E-state index is -0.217. The Balaban J connectivity index is 2.00. The molecule has 1 fully saturated rings. The summed E-state index contributed by atoms with van der Waals surface area (Å²) < 4.78 is 0. The molecular weight excluding hydrogens is 270 g/mol. The molecular formula is C14H15N5O2. The molecule has 0 unspecified atom stereocenters. The highest BCUT2D eigenvalue weighted by molar-refractivity contribution is 6.03. The Morgan fingerprint density at radius 3 is 2.48 bits per heavy atom. The third-order valence-electron chi connectivity index (χ3n) is 3.53. The normalized spacial score (nSPS) is 15.7. The van der Waals surface area contributed by atoms with Crippen LogP contribution in [-0.2, 0) is 9.59 Å². The van der Waals surface area contributed by atoms with Crippen molar-refractivity contribution in [2.45, 2.75) is 0 Å². The molecule has 1 aliphatic rings. The number of hydrogen-bond acceptors (Lipinski definition) is 5. The van der Waals surface area contributed by atoms with Crippen LogP contribution in [0.2, 0.25) is 0 Å². The number of nitrogens with two attached hydrogens (primary N) is 1. The van der Waals surface area contributed by atoms with Crippen molar-refractivity contribution in [1.29, 1.82) is 0 Å². The summed E-state index contributed by atoms with van der Waals surface area (Å²) in [5.41, 5.74) is 8.04. The van der Waals surface area contributed by atoms with Gasteiger partial charge in [-0.15, -0.1) is 0 Å². The third kappa shape index (κ3) is 2.33. The van der Waals surface area contributed by atoms with E-state index < -0.39 is 0 Å². The fourth-order valence-corrected chi connectivity index (χ4v) is 2.36. The topological polar surface area (TPSA) is 95.3 Å². The fraction of sp³-hybridized carbons (Fsp3) is 0.214. The van der Waals surface area contributed by atoms with Gasteiger partial charge in [-0.2, -0.15) is 5.10 Å². The summed E-state index contributed by atoms with van der Waals surface area (Å²) in [6.45, 7) is 0.339. The monoisotopic (exact) mass is 285 g/mol. The van der Waals surface area contributed by atoms with Crippen molar-refractivity contribution in [3.63, 3.8) is 0 Å². The van der Waals surface area contributed by atoms with E-state index in [2.05, 4.69) is 10.2 Å². The fourth-order valence-electron chi connectivity index (χ4n) is 2.36. The lowest BCUT2D eigenvalue weighted by molar-refractivity contribution is -0.143. The van der Waals surface area contributed by atoms with Gasteiger partial charge in [0.2, 0.25) is 11.8 Å². The number of rotatable bonds is 2. The molecule has 2 amide bonds. The average molecular weight is 285 g/mol. The Labute approximate surface area is 121 Å². The predicted molar refractivity (Wildman–Crippen MR) is 78.4 cm³/mol. The van der Waals surface area contributed by atoms with Crippen molar-refractivity contribution < 1.29 is 9.59 Å². The Morgan fingerprint density at radius 2 is 1.86 bits per heavy atom. The van der Waals surface area contributed by atoms with Crippen molar-refractivity contribution in [2.75, 3.05) is 30.8 Å². The number of hydrogen-bond donors (Lipinski definition) is 2. The molecule has 1 aliphatic heterocycles. The van der Waals surface area contributed by atoms with Crippen LogP contribution in [0.15, 0.2) is 30.3 Å². The molecule has 0 bridgehead atoms. The molecule has 0 atom stereocenters. The SMILES string of the molecule is CN1C(=O)CN(c2ccccc2-c2cc(N)n[nH]2)CC1=O. The molecule has 21 heavy (non-hydrogen) atoms. The molecule has 0 spiro atoms. The molecule has 0 radical (unpaired) electrons. The van der Waals surface area contributed by atoms with Crippen LogP contribution < -0.4 is 10.6 Å². The number of imide groups is 1.